The molecule has 0 radical (unpaired) electrons. The number of halogens is 3. The van der Waals surface area contributed by atoms with E-state index in [0.29, 0.717) is 0 Å². The maximum atomic E-state index is 11.1. The van der Waals surface area contributed by atoms with Crippen molar-refractivity contribution < 1.29 is 28.7 Å². The summed E-state index contributed by atoms with van der Waals surface area (Å²) >= 11 is 0. The van der Waals surface area contributed by atoms with Gasteiger partial charge in [-0.1, -0.05) is 0 Å². The monoisotopic (exact) mass is 458 g/mol. The number of nitrogens with one attached hydrogen (secondary N) is 2. The second-order valence-electron chi connectivity index (χ2n) is 5.71. The summed E-state index contributed by atoms with van der Waals surface area (Å²) in [5.74, 6) is -0.884. The maximum absolute atomic E-state index is 11.1. The smallest absolute Gasteiger partial charge is 0.325 e. The summed E-state index contributed by atoms with van der Waals surface area (Å²) in [6.45, 7) is 5.36. The number of hydrogen-bond acceptors (Lipinski definition) is 7. The van der Waals surface area contributed by atoms with Crippen LogP contribution in [0.5, 0.6) is 0 Å². The fraction of sp³-hybridized carbons (Fsp3) is 0.857. The molecule has 2 rings (SSSR count). The lowest BCUT2D eigenvalue weighted by Gasteiger charge is -2.19. The van der Waals surface area contributed by atoms with E-state index in [1.54, 1.807) is 6.92 Å². The van der Waals surface area contributed by atoms with Gasteiger partial charge < -0.3 is 25.6 Å². The lowest BCUT2D eigenvalue weighted by Crippen LogP contribution is -2.45. The van der Waals surface area contributed by atoms with Crippen molar-refractivity contribution in [3.05, 3.63) is 0 Å². The highest BCUT2D eigenvalue weighted by molar-refractivity contribution is 8.26. The molecule has 26 heavy (non-hydrogen) atoms. The van der Waals surface area contributed by atoms with E-state index in [1.165, 1.54) is 7.11 Å². The quantitative estimate of drug-likeness (QED) is 0.362. The third kappa shape index (κ3) is 12.3. The molecule has 2 aliphatic heterocycles. The minimum Gasteiger partial charge on any atom is -0.480 e. The lowest BCUT2D eigenvalue weighted by molar-refractivity contribution is -0.147. The van der Waals surface area contributed by atoms with Crippen LogP contribution >= 0.6 is 33.8 Å². The molecule has 0 aromatic rings. The van der Waals surface area contributed by atoms with Crippen molar-refractivity contribution >= 4 is 54.9 Å². The Morgan fingerprint density at radius 1 is 1.04 bits per heavy atom. The predicted octanol–water partition coefficient (Wildman–Crippen LogP) is 1.59. The molecule has 2 heterocycles. The van der Waals surface area contributed by atoms with Gasteiger partial charge in [0.1, 0.15) is 11.1 Å². The van der Waals surface area contributed by atoms with E-state index in [1.807, 2.05) is 6.92 Å². The molecule has 0 saturated carbocycles. The van der Waals surface area contributed by atoms with Gasteiger partial charge in [-0.3, -0.25) is 9.59 Å². The Morgan fingerprint density at radius 2 is 1.38 bits per heavy atom. The summed E-state index contributed by atoms with van der Waals surface area (Å²) in [7, 11) is 9.78. The Kier molecular flexibility index (Phi) is 18.6. The van der Waals surface area contributed by atoms with Crippen molar-refractivity contribution in [2.45, 2.75) is 50.6 Å². The number of aliphatic hydroxyl groups is 1. The fourth-order valence-electron chi connectivity index (χ4n) is 2.37. The normalized spacial score (nSPS) is 26.0. The van der Waals surface area contributed by atoms with E-state index in [9.17, 15) is 9.59 Å². The van der Waals surface area contributed by atoms with Crippen LogP contribution in [0.25, 0.3) is 0 Å². The first-order valence-electron chi connectivity index (χ1n) is 7.58. The summed E-state index contributed by atoms with van der Waals surface area (Å²) < 4.78 is 13.7. The van der Waals surface area contributed by atoms with Gasteiger partial charge in [-0.15, -0.1) is 12.4 Å². The molecular formula is C14H29Cl3N2O6S. The Labute approximate surface area is 172 Å². The summed E-state index contributed by atoms with van der Waals surface area (Å²) in [5, 5.41) is 21.7. The van der Waals surface area contributed by atoms with Crippen LogP contribution in [0.1, 0.15) is 39.5 Å². The number of carboxylic acids is 1. The van der Waals surface area contributed by atoms with Crippen LogP contribution in [0.2, 0.25) is 0 Å². The second kappa shape index (κ2) is 15.9. The Morgan fingerprint density at radius 3 is 1.58 bits per heavy atom. The number of methoxy groups -OCH3 is 1. The molecule has 2 saturated heterocycles. The molecule has 0 amide bonds. The average Bonchev–Trinajstić information content (AvgIpc) is 3.19. The predicted molar refractivity (Wildman–Crippen MR) is 106 cm³/mol. The fourth-order valence-corrected chi connectivity index (χ4v) is 2.37. The molecule has 0 spiro atoms. The van der Waals surface area contributed by atoms with Crippen LogP contribution in [0.15, 0.2) is 0 Å². The van der Waals surface area contributed by atoms with Gasteiger partial charge in [-0.05, 0) is 52.6 Å². The molecule has 2 fully saturated rings. The Bertz CT molecular complexity index is 427. The van der Waals surface area contributed by atoms with Crippen molar-refractivity contribution in [1.29, 1.82) is 0 Å². The van der Waals surface area contributed by atoms with Crippen LogP contribution in [0, 0.1) is 0 Å². The number of rotatable bonds is 2. The molecule has 0 bridgehead atoms. The highest BCUT2D eigenvalue weighted by Crippen LogP contribution is 2.19. The molecule has 2 atom stereocenters. The third-order valence-corrected chi connectivity index (χ3v) is 3.85. The molecule has 0 aliphatic carbocycles. The van der Waals surface area contributed by atoms with Gasteiger partial charge in [-0.25, -0.2) is 4.21 Å². The average molecular weight is 460 g/mol. The zero-order valence-electron chi connectivity index (χ0n) is 15.3. The SMILES string of the molecule is CO.COC(=O)[C@]1(C)CCCN1.C[C@@]1(C(=O)O)CCCN1.Cl.O=S(Cl)Cl. The Balaban J connectivity index is -0.000000306. The zero-order valence-corrected chi connectivity index (χ0v) is 18.5. The van der Waals surface area contributed by atoms with Crippen LogP contribution in [-0.2, 0) is 23.6 Å². The maximum Gasteiger partial charge on any atom is 0.325 e. The molecule has 158 valence electrons. The van der Waals surface area contributed by atoms with E-state index >= 15 is 0 Å². The number of esters is 1. The largest absolute Gasteiger partial charge is 0.480 e. The van der Waals surface area contributed by atoms with Gasteiger partial charge >= 0.3 is 11.9 Å². The minimum absolute atomic E-state index is 0. The van der Waals surface area contributed by atoms with Crippen LogP contribution in [0.4, 0.5) is 0 Å². The number of ether oxygens (including phenoxy) is 1. The molecule has 12 heteroatoms. The molecule has 0 aromatic heterocycles. The van der Waals surface area contributed by atoms with E-state index in [0.717, 1.165) is 45.9 Å². The second-order valence-corrected chi connectivity index (χ2v) is 8.23. The first-order valence-corrected chi connectivity index (χ1v) is 10.4. The number of carbonyl (C=O) groups excluding carboxylic acids is 1. The summed E-state index contributed by atoms with van der Waals surface area (Å²) in [6, 6.07) is 0. The van der Waals surface area contributed by atoms with E-state index in [2.05, 4.69) is 36.7 Å². The number of hydrogen-bond donors (Lipinski definition) is 4. The van der Waals surface area contributed by atoms with Gasteiger partial charge in [0.05, 0.1) is 7.11 Å². The standard InChI is InChI=1S/C7H13NO2.C6H11NO2.CH4O.Cl2OS.ClH/c1-7(6(9)10-2)4-3-5-8-7;1-6(5(8)9)3-2-4-7-6;1-2;1-4(2)3;/h8H,3-5H2,1-2H3;7H,2-4H2,1H3,(H,8,9);2H,1H3;;1H/t7-;6-;;;/m00.../s1. The molecule has 0 unspecified atom stereocenters. The Hall–Kier alpha value is -0.160. The molecule has 4 N–H and O–H groups in total. The molecule has 0 aromatic carbocycles. The van der Waals surface area contributed by atoms with Crippen LogP contribution in [-0.4, -0.2) is 64.7 Å². The topological polar surface area (TPSA) is 125 Å². The van der Waals surface area contributed by atoms with Crippen molar-refractivity contribution in [3.8, 4) is 0 Å². The van der Waals surface area contributed by atoms with Crippen molar-refractivity contribution in [1.82, 2.24) is 10.6 Å². The number of carbonyl (C=O) groups is 2. The highest BCUT2D eigenvalue weighted by atomic mass is 36.0. The van der Waals surface area contributed by atoms with Crippen LogP contribution < -0.4 is 10.6 Å². The number of aliphatic carboxylic acids is 1. The molecule has 2 aliphatic rings. The zero-order chi connectivity index (χ0) is 20.1. The van der Waals surface area contributed by atoms with Crippen molar-refractivity contribution in [3.63, 3.8) is 0 Å². The van der Waals surface area contributed by atoms with Gasteiger partial charge in [0.25, 0.3) is 0 Å². The third-order valence-electron chi connectivity index (χ3n) is 3.85. The minimum atomic E-state index is -1.67. The number of aliphatic hydroxyl groups excluding tert-OH is 1. The summed E-state index contributed by atoms with van der Waals surface area (Å²) in [4.78, 5) is 21.5. The van der Waals surface area contributed by atoms with Gasteiger partial charge in [0, 0.05) is 28.5 Å². The highest BCUT2D eigenvalue weighted by Gasteiger charge is 2.36. The van der Waals surface area contributed by atoms with Gasteiger partial charge in [0.2, 0.25) is 9.23 Å². The molecular weight excluding hydrogens is 431 g/mol. The van der Waals surface area contributed by atoms with E-state index < -0.39 is 26.3 Å². The van der Waals surface area contributed by atoms with Gasteiger partial charge in [-0.2, -0.15) is 0 Å². The lowest BCUT2D eigenvalue weighted by atomic mass is 10.0. The number of carboxylic acid groups (broad SMARTS) is 1. The summed E-state index contributed by atoms with van der Waals surface area (Å²) in [6.07, 6.45) is 3.68. The van der Waals surface area contributed by atoms with E-state index in [4.69, 9.17) is 14.4 Å². The van der Waals surface area contributed by atoms with Gasteiger partial charge in [0.15, 0.2) is 0 Å². The molecule has 8 nitrogen and oxygen atoms in total. The van der Waals surface area contributed by atoms with Crippen molar-refractivity contribution in [2.75, 3.05) is 27.3 Å². The first kappa shape index (κ1) is 30.6. The van der Waals surface area contributed by atoms with Crippen molar-refractivity contribution in [2.24, 2.45) is 0 Å². The summed E-state index contributed by atoms with van der Waals surface area (Å²) in [5.41, 5.74) is -1.05. The van der Waals surface area contributed by atoms with E-state index in [-0.39, 0.29) is 18.4 Å². The van der Waals surface area contributed by atoms with Crippen LogP contribution in [0.3, 0.4) is 0 Å². The first-order chi connectivity index (χ1) is 11.6.